The van der Waals surface area contributed by atoms with Gasteiger partial charge in [-0.25, -0.2) is 0 Å². The first-order valence-corrected chi connectivity index (χ1v) is 13.2. The van der Waals surface area contributed by atoms with Gasteiger partial charge in [-0.1, -0.05) is 87.6 Å². The number of ether oxygens (including phenoxy) is 2. The Balaban J connectivity index is 1.86. The van der Waals surface area contributed by atoms with E-state index in [0.717, 1.165) is 18.4 Å². The van der Waals surface area contributed by atoms with Gasteiger partial charge in [0, 0.05) is 11.4 Å². The van der Waals surface area contributed by atoms with E-state index in [-0.39, 0.29) is 18.9 Å². The largest absolute Gasteiger partial charge is 0.490 e. The van der Waals surface area contributed by atoms with Crippen molar-refractivity contribution in [3.63, 3.8) is 0 Å². The number of halogens is 1. The normalized spacial score (nSPS) is 11.2. The second-order valence-corrected chi connectivity index (χ2v) is 9.21. The van der Waals surface area contributed by atoms with Crippen molar-refractivity contribution < 1.29 is 14.3 Å². The van der Waals surface area contributed by atoms with E-state index in [1.807, 2.05) is 18.2 Å². The number of aryl methyl sites for hydroxylation is 1. The Morgan fingerprint density at radius 3 is 2.36 bits per heavy atom. The Hall–Kier alpha value is -3.15. The standard InChI is InChI=1S/C30H37ClN2O3/c1-3-5-6-7-8-9-10-11-21-36-29-22-24(12-18-28(29)35-20-4-2)13-19-30(34)33-27(23-32)25-14-16-26(31)17-15-25/h2,12,14-18,22,27H,3,5-11,13,19-21H2,1H3,(H,33,34). The van der Waals surface area contributed by atoms with Crippen molar-refractivity contribution in [2.45, 2.75) is 77.2 Å². The molecule has 0 fully saturated rings. The van der Waals surface area contributed by atoms with E-state index in [2.05, 4.69) is 24.2 Å². The van der Waals surface area contributed by atoms with Gasteiger partial charge in [0.05, 0.1) is 12.7 Å². The SMILES string of the molecule is C#CCOc1ccc(CCC(=O)NC(C#N)c2ccc(Cl)cc2)cc1OCCCCCCCCCC. The van der Waals surface area contributed by atoms with E-state index >= 15 is 0 Å². The van der Waals surface area contributed by atoms with Crippen LogP contribution in [0.1, 0.15) is 81.9 Å². The summed E-state index contributed by atoms with van der Waals surface area (Å²) in [6, 6.07) is 13.9. The number of carbonyl (C=O) groups excluding carboxylic acids is 1. The Labute approximate surface area is 221 Å². The molecule has 6 heteroatoms. The minimum atomic E-state index is -0.722. The molecule has 1 N–H and O–H groups in total. The van der Waals surface area contributed by atoms with Crippen LogP contribution in [0.5, 0.6) is 11.5 Å². The summed E-state index contributed by atoms with van der Waals surface area (Å²) in [5, 5.41) is 12.8. The number of rotatable bonds is 17. The second-order valence-electron chi connectivity index (χ2n) is 8.78. The molecule has 0 aliphatic rings. The smallest absolute Gasteiger partial charge is 0.221 e. The van der Waals surface area contributed by atoms with E-state index in [1.165, 1.54) is 38.5 Å². The van der Waals surface area contributed by atoms with Gasteiger partial charge in [-0.3, -0.25) is 4.79 Å². The molecule has 0 aromatic heterocycles. The highest BCUT2D eigenvalue weighted by Crippen LogP contribution is 2.29. The van der Waals surface area contributed by atoms with Gasteiger partial charge in [0.1, 0.15) is 12.6 Å². The third kappa shape index (κ3) is 11.1. The van der Waals surface area contributed by atoms with Crippen LogP contribution >= 0.6 is 11.6 Å². The Morgan fingerprint density at radius 1 is 1.00 bits per heavy atom. The third-order valence-electron chi connectivity index (χ3n) is 5.85. The molecule has 0 aliphatic heterocycles. The number of benzene rings is 2. The van der Waals surface area contributed by atoms with E-state index in [9.17, 15) is 10.1 Å². The Bertz CT molecular complexity index is 1010. The van der Waals surface area contributed by atoms with Crippen LogP contribution in [-0.2, 0) is 11.2 Å². The predicted octanol–water partition coefficient (Wildman–Crippen LogP) is 7.19. The van der Waals surface area contributed by atoms with E-state index < -0.39 is 6.04 Å². The van der Waals surface area contributed by atoms with Crippen molar-refractivity contribution in [2.24, 2.45) is 0 Å². The van der Waals surface area contributed by atoms with Gasteiger partial charge < -0.3 is 14.8 Å². The zero-order valence-electron chi connectivity index (χ0n) is 21.2. The summed E-state index contributed by atoms with van der Waals surface area (Å²) in [6.45, 7) is 3.00. The molecule has 2 aromatic rings. The summed E-state index contributed by atoms with van der Waals surface area (Å²) in [4.78, 5) is 12.5. The number of hydrogen-bond donors (Lipinski definition) is 1. The highest BCUT2D eigenvalue weighted by molar-refractivity contribution is 6.30. The first-order valence-electron chi connectivity index (χ1n) is 12.8. The molecule has 0 radical (unpaired) electrons. The fraction of sp³-hybridized carbons (Fsp3) is 0.467. The molecule has 0 heterocycles. The van der Waals surface area contributed by atoms with Crippen LogP contribution in [0.25, 0.3) is 0 Å². The molecule has 192 valence electrons. The van der Waals surface area contributed by atoms with Gasteiger partial charge in [-0.2, -0.15) is 5.26 Å². The summed E-state index contributed by atoms with van der Waals surface area (Å²) in [5.41, 5.74) is 1.64. The molecule has 1 unspecified atom stereocenters. The molecule has 0 bridgehead atoms. The van der Waals surface area contributed by atoms with Gasteiger partial charge >= 0.3 is 0 Å². The fourth-order valence-corrected chi connectivity index (χ4v) is 3.94. The molecular formula is C30H37ClN2O3. The first-order chi connectivity index (χ1) is 17.6. The lowest BCUT2D eigenvalue weighted by Gasteiger charge is -2.14. The number of unbranched alkanes of at least 4 members (excludes halogenated alkanes) is 7. The second kappa shape index (κ2) is 17.3. The maximum Gasteiger partial charge on any atom is 0.221 e. The van der Waals surface area contributed by atoms with Crippen LogP contribution in [0.15, 0.2) is 42.5 Å². The van der Waals surface area contributed by atoms with Crippen molar-refractivity contribution in [3.8, 4) is 29.9 Å². The molecule has 0 saturated heterocycles. The zero-order valence-corrected chi connectivity index (χ0v) is 22.0. The molecule has 0 spiro atoms. The van der Waals surface area contributed by atoms with Crippen molar-refractivity contribution >= 4 is 17.5 Å². The van der Waals surface area contributed by atoms with E-state index in [0.29, 0.717) is 35.1 Å². The highest BCUT2D eigenvalue weighted by Gasteiger charge is 2.14. The number of nitrogens with one attached hydrogen (secondary N) is 1. The van der Waals surface area contributed by atoms with Crippen molar-refractivity contribution in [1.29, 1.82) is 5.26 Å². The van der Waals surface area contributed by atoms with Crippen molar-refractivity contribution in [1.82, 2.24) is 5.32 Å². The quantitative estimate of drug-likeness (QED) is 0.181. The molecule has 5 nitrogen and oxygen atoms in total. The number of carbonyl (C=O) groups is 1. The lowest BCUT2D eigenvalue weighted by atomic mass is 10.1. The lowest BCUT2D eigenvalue weighted by molar-refractivity contribution is -0.121. The van der Waals surface area contributed by atoms with E-state index in [1.54, 1.807) is 24.3 Å². The number of nitrogens with zero attached hydrogens (tertiary/aromatic N) is 1. The molecule has 0 aliphatic carbocycles. The van der Waals surface area contributed by atoms with E-state index in [4.69, 9.17) is 27.5 Å². The van der Waals surface area contributed by atoms with Crippen LogP contribution < -0.4 is 14.8 Å². The van der Waals surface area contributed by atoms with Crippen LogP contribution in [0.3, 0.4) is 0 Å². The van der Waals surface area contributed by atoms with Crippen LogP contribution in [-0.4, -0.2) is 19.1 Å². The molecule has 0 saturated carbocycles. The molecule has 36 heavy (non-hydrogen) atoms. The zero-order chi connectivity index (χ0) is 26.0. The molecule has 1 amide bonds. The van der Waals surface area contributed by atoms with Crippen molar-refractivity contribution in [3.05, 3.63) is 58.6 Å². The lowest BCUT2D eigenvalue weighted by Crippen LogP contribution is -2.27. The molecule has 2 rings (SSSR count). The number of nitriles is 1. The average Bonchev–Trinajstić information content (AvgIpc) is 2.89. The molecule has 1 atom stereocenters. The number of terminal acetylenes is 1. The minimum Gasteiger partial charge on any atom is -0.490 e. The highest BCUT2D eigenvalue weighted by atomic mass is 35.5. The van der Waals surface area contributed by atoms with Crippen molar-refractivity contribution in [2.75, 3.05) is 13.2 Å². The summed E-state index contributed by atoms with van der Waals surface area (Å²) >= 11 is 5.91. The number of hydrogen-bond acceptors (Lipinski definition) is 4. The monoisotopic (exact) mass is 508 g/mol. The average molecular weight is 509 g/mol. The Morgan fingerprint density at radius 2 is 1.69 bits per heavy atom. The van der Waals surface area contributed by atoms with Crippen LogP contribution in [0.4, 0.5) is 0 Å². The summed E-state index contributed by atoms with van der Waals surface area (Å²) < 4.78 is 11.7. The predicted molar refractivity (Wildman–Crippen MR) is 145 cm³/mol. The minimum absolute atomic E-state index is 0.163. The topological polar surface area (TPSA) is 71.3 Å². The Kier molecular flexibility index (Phi) is 14.0. The molecular weight excluding hydrogens is 472 g/mol. The molecule has 2 aromatic carbocycles. The van der Waals surface area contributed by atoms with Gasteiger partial charge in [-0.15, -0.1) is 6.42 Å². The maximum absolute atomic E-state index is 12.5. The van der Waals surface area contributed by atoms with Gasteiger partial charge in [0.25, 0.3) is 0 Å². The third-order valence-corrected chi connectivity index (χ3v) is 6.11. The number of amides is 1. The summed E-state index contributed by atoms with van der Waals surface area (Å²) in [5.74, 6) is 3.52. The van der Waals surface area contributed by atoms with Crippen LogP contribution in [0, 0.1) is 23.7 Å². The van der Waals surface area contributed by atoms with Gasteiger partial charge in [-0.05, 0) is 48.2 Å². The van der Waals surface area contributed by atoms with Gasteiger partial charge in [0.2, 0.25) is 5.91 Å². The summed E-state index contributed by atoms with van der Waals surface area (Å²) in [6.07, 6.45) is 15.9. The summed E-state index contributed by atoms with van der Waals surface area (Å²) in [7, 11) is 0. The van der Waals surface area contributed by atoms with Gasteiger partial charge in [0.15, 0.2) is 11.5 Å². The first kappa shape index (κ1) is 29.1. The van der Waals surface area contributed by atoms with Crippen LogP contribution in [0.2, 0.25) is 5.02 Å². The maximum atomic E-state index is 12.5. The fourth-order valence-electron chi connectivity index (χ4n) is 3.81.